The summed E-state index contributed by atoms with van der Waals surface area (Å²) in [6.45, 7) is 0.738. The molecular formula is C12H13NO. The number of hydrogen-bond acceptors (Lipinski definition) is 2. The van der Waals surface area contributed by atoms with E-state index < -0.39 is 0 Å². The summed E-state index contributed by atoms with van der Waals surface area (Å²) in [5, 5.41) is 0. The van der Waals surface area contributed by atoms with Crippen LogP contribution >= 0.6 is 0 Å². The third kappa shape index (κ3) is 2.46. The molecule has 0 fully saturated rings. The third-order valence-electron chi connectivity index (χ3n) is 2.08. The Morgan fingerprint density at radius 1 is 1.21 bits per heavy atom. The van der Waals surface area contributed by atoms with Crippen molar-refractivity contribution in [3.8, 4) is 0 Å². The van der Waals surface area contributed by atoms with Crippen molar-refractivity contribution in [3.05, 3.63) is 47.9 Å². The maximum atomic E-state index is 5.54. The first kappa shape index (κ1) is 9.00. The molecule has 2 heteroatoms. The topological polar surface area (TPSA) is 21.6 Å². The van der Waals surface area contributed by atoms with Crippen LogP contribution in [0.2, 0.25) is 0 Å². The number of nitrogens with zero attached hydrogens (tertiary/aromatic N) is 1. The zero-order chi connectivity index (χ0) is 9.64. The summed E-state index contributed by atoms with van der Waals surface area (Å²) in [7, 11) is 0. The van der Waals surface area contributed by atoms with Gasteiger partial charge in [-0.1, -0.05) is 30.3 Å². The Morgan fingerprint density at radius 2 is 2.07 bits per heavy atom. The van der Waals surface area contributed by atoms with E-state index in [9.17, 15) is 0 Å². The summed E-state index contributed by atoms with van der Waals surface area (Å²) in [5.74, 6) is 0.949. The largest absolute Gasteiger partial charge is 0.496 e. The van der Waals surface area contributed by atoms with Gasteiger partial charge in [-0.05, 0) is 5.56 Å². The molecule has 0 atom stereocenters. The molecule has 0 bridgehead atoms. The molecule has 0 saturated heterocycles. The van der Waals surface area contributed by atoms with E-state index in [2.05, 4.69) is 17.1 Å². The van der Waals surface area contributed by atoms with E-state index in [1.54, 1.807) is 6.20 Å². The molecule has 0 N–H and O–H groups in total. The number of ether oxygens (including phenoxy) is 1. The second-order valence-corrected chi connectivity index (χ2v) is 3.23. The lowest BCUT2D eigenvalue weighted by molar-refractivity contribution is 0.217. The summed E-state index contributed by atoms with van der Waals surface area (Å²) >= 11 is 0. The summed E-state index contributed by atoms with van der Waals surface area (Å²) in [5.41, 5.74) is 1.26. The molecule has 0 saturated carbocycles. The Bertz CT molecular complexity index is 341. The van der Waals surface area contributed by atoms with Crippen molar-refractivity contribution in [1.29, 1.82) is 0 Å². The summed E-state index contributed by atoms with van der Waals surface area (Å²) in [6.07, 6.45) is 5.42. The van der Waals surface area contributed by atoms with E-state index in [1.165, 1.54) is 5.56 Å². The van der Waals surface area contributed by atoms with Gasteiger partial charge in [0.25, 0.3) is 0 Å². The van der Waals surface area contributed by atoms with Gasteiger partial charge in [-0.2, -0.15) is 0 Å². The fourth-order valence-corrected chi connectivity index (χ4v) is 1.38. The van der Waals surface area contributed by atoms with Gasteiger partial charge in [-0.25, -0.2) is 0 Å². The molecule has 72 valence electrons. The summed E-state index contributed by atoms with van der Waals surface area (Å²) in [4.78, 5) is 4.14. The van der Waals surface area contributed by atoms with Gasteiger partial charge >= 0.3 is 0 Å². The Labute approximate surface area is 83.9 Å². The van der Waals surface area contributed by atoms with E-state index in [0.717, 1.165) is 25.2 Å². The maximum Gasteiger partial charge on any atom is 0.118 e. The van der Waals surface area contributed by atoms with Crippen molar-refractivity contribution >= 4 is 6.21 Å². The molecule has 0 unspecified atom stereocenters. The molecule has 0 aliphatic carbocycles. The first-order valence-electron chi connectivity index (χ1n) is 4.82. The van der Waals surface area contributed by atoms with Crippen LogP contribution in [0.15, 0.2) is 47.3 Å². The Hall–Kier alpha value is -1.57. The SMILES string of the molecule is C1=NC=C(Cc2ccccc2)OCC1. The minimum Gasteiger partial charge on any atom is -0.496 e. The summed E-state index contributed by atoms with van der Waals surface area (Å²) in [6, 6.07) is 10.3. The first-order chi connectivity index (χ1) is 6.95. The van der Waals surface area contributed by atoms with Gasteiger partial charge in [-0.15, -0.1) is 0 Å². The van der Waals surface area contributed by atoms with Crippen LogP contribution in [0.4, 0.5) is 0 Å². The number of allylic oxidation sites excluding steroid dienone is 1. The molecule has 1 aromatic carbocycles. The molecule has 2 rings (SSSR count). The minimum absolute atomic E-state index is 0.738. The van der Waals surface area contributed by atoms with Crippen LogP contribution in [0.3, 0.4) is 0 Å². The van der Waals surface area contributed by atoms with Gasteiger partial charge in [0.05, 0.1) is 12.8 Å². The highest BCUT2D eigenvalue weighted by molar-refractivity contribution is 5.58. The van der Waals surface area contributed by atoms with Gasteiger partial charge in [0.1, 0.15) is 5.76 Å². The van der Waals surface area contributed by atoms with Crippen LogP contribution in [-0.4, -0.2) is 12.8 Å². The van der Waals surface area contributed by atoms with E-state index in [4.69, 9.17) is 4.74 Å². The van der Waals surface area contributed by atoms with Gasteiger partial charge in [0.2, 0.25) is 0 Å². The second-order valence-electron chi connectivity index (χ2n) is 3.23. The molecule has 0 aromatic heterocycles. The average Bonchev–Trinajstić information content (AvgIpc) is 2.48. The first-order valence-corrected chi connectivity index (χ1v) is 4.82. The fourth-order valence-electron chi connectivity index (χ4n) is 1.38. The molecule has 0 radical (unpaired) electrons. The van der Waals surface area contributed by atoms with Crippen LogP contribution in [0, 0.1) is 0 Å². The smallest absolute Gasteiger partial charge is 0.118 e. The number of aliphatic imine (C=N–C) groups is 1. The molecule has 0 spiro atoms. The van der Waals surface area contributed by atoms with Crippen molar-refractivity contribution in [2.45, 2.75) is 12.8 Å². The van der Waals surface area contributed by atoms with Crippen molar-refractivity contribution < 1.29 is 4.74 Å². The Balaban J connectivity index is 2.04. The van der Waals surface area contributed by atoms with Crippen LogP contribution < -0.4 is 0 Å². The third-order valence-corrected chi connectivity index (χ3v) is 2.08. The molecule has 0 amide bonds. The zero-order valence-electron chi connectivity index (χ0n) is 8.02. The van der Waals surface area contributed by atoms with E-state index in [-0.39, 0.29) is 0 Å². The molecule has 1 aliphatic heterocycles. The zero-order valence-corrected chi connectivity index (χ0v) is 8.02. The second kappa shape index (κ2) is 4.61. The lowest BCUT2D eigenvalue weighted by atomic mass is 10.1. The lowest BCUT2D eigenvalue weighted by Crippen LogP contribution is -1.96. The summed E-state index contributed by atoms with van der Waals surface area (Å²) < 4.78 is 5.54. The van der Waals surface area contributed by atoms with Crippen molar-refractivity contribution in [2.75, 3.05) is 6.61 Å². The van der Waals surface area contributed by atoms with Crippen LogP contribution in [0.1, 0.15) is 12.0 Å². The minimum atomic E-state index is 0.738. The van der Waals surface area contributed by atoms with Gasteiger partial charge in [-0.3, -0.25) is 4.99 Å². The highest BCUT2D eigenvalue weighted by Gasteiger charge is 2.01. The molecule has 2 nitrogen and oxygen atoms in total. The predicted octanol–water partition coefficient (Wildman–Crippen LogP) is 2.56. The highest BCUT2D eigenvalue weighted by Crippen LogP contribution is 2.10. The predicted molar refractivity (Wildman–Crippen MR) is 57.3 cm³/mol. The van der Waals surface area contributed by atoms with Crippen LogP contribution in [0.25, 0.3) is 0 Å². The molecule has 14 heavy (non-hydrogen) atoms. The van der Waals surface area contributed by atoms with Crippen molar-refractivity contribution in [2.24, 2.45) is 4.99 Å². The average molecular weight is 187 g/mol. The number of benzene rings is 1. The Kier molecular flexibility index (Phi) is 2.96. The standard InChI is InChI=1S/C12H13NO/c1-2-5-11(6-3-1)9-12-10-13-7-4-8-14-12/h1-3,5-7,10H,4,8-9H2. The number of rotatable bonds is 2. The highest BCUT2D eigenvalue weighted by atomic mass is 16.5. The van der Waals surface area contributed by atoms with E-state index >= 15 is 0 Å². The van der Waals surface area contributed by atoms with Crippen LogP contribution in [0.5, 0.6) is 0 Å². The fraction of sp³-hybridized carbons (Fsp3) is 0.250. The van der Waals surface area contributed by atoms with Gasteiger partial charge < -0.3 is 4.74 Å². The van der Waals surface area contributed by atoms with E-state index in [1.807, 2.05) is 24.4 Å². The van der Waals surface area contributed by atoms with Crippen molar-refractivity contribution in [1.82, 2.24) is 0 Å². The van der Waals surface area contributed by atoms with Gasteiger partial charge in [0.15, 0.2) is 0 Å². The molecule has 1 aliphatic rings. The normalized spacial score (nSPS) is 15.6. The van der Waals surface area contributed by atoms with E-state index in [0.29, 0.717) is 0 Å². The van der Waals surface area contributed by atoms with Crippen LogP contribution in [-0.2, 0) is 11.2 Å². The van der Waals surface area contributed by atoms with Gasteiger partial charge in [0, 0.05) is 19.1 Å². The maximum absolute atomic E-state index is 5.54. The number of hydrogen-bond donors (Lipinski definition) is 0. The lowest BCUT2D eigenvalue weighted by Gasteiger charge is -2.06. The quantitative estimate of drug-likeness (QED) is 0.697. The van der Waals surface area contributed by atoms with Crippen molar-refractivity contribution in [3.63, 3.8) is 0 Å². The monoisotopic (exact) mass is 187 g/mol. The molecule has 1 heterocycles. The molecule has 1 aromatic rings. The molecular weight excluding hydrogens is 174 g/mol. The Morgan fingerprint density at radius 3 is 2.93 bits per heavy atom.